The molecule has 0 saturated heterocycles. The van der Waals surface area contributed by atoms with Crippen molar-refractivity contribution in [3.05, 3.63) is 28.7 Å². The minimum Gasteiger partial charge on any atom is -0.325 e. The van der Waals surface area contributed by atoms with Crippen LogP contribution in [0.4, 0.5) is 0 Å². The fourth-order valence-electron chi connectivity index (χ4n) is 3.15. The Hall–Kier alpha value is -2.18. The molecule has 2 rings (SSSR count). The molecule has 1 fully saturated rings. The lowest BCUT2D eigenvalue weighted by atomic mass is 9.81. The fraction of sp³-hybridized carbons (Fsp3) is 0.588. The highest BCUT2D eigenvalue weighted by atomic mass is 32.2. The van der Waals surface area contributed by atoms with Gasteiger partial charge in [-0.15, -0.1) is 0 Å². The average Bonchev–Trinajstić information content (AvgIpc) is 2.63. The van der Waals surface area contributed by atoms with Crippen molar-refractivity contribution in [2.75, 3.05) is 21.1 Å². The molecule has 0 N–H and O–H groups in total. The highest BCUT2D eigenvalue weighted by Crippen LogP contribution is 2.32. The van der Waals surface area contributed by atoms with Crippen LogP contribution in [0.25, 0.3) is 0 Å². The summed E-state index contributed by atoms with van der Waals surface area (Å²) in [6.45, 7) is -0.310. The number of amides is 1. The second-order valence-electron chi connectivity index (χ2n) is 6.78. The molecule has 142 valence electrons. The molecule has 0 unspecified atom stereocenters. The summed E-state index contributed by atoms with van der Waals surface area (Å²) in [5, 5.41) is 9.60. The number of nitrogens with zero attached hydrogens (tertiary/aromatic N) is 4. The minimum atomic E-state index is -3.71. The van der Waals surface area contributed by atoms with Crippen LogP contribution >= 0.6 is 0 Å². The number of rotatable bonds is 5. The molecule has 9 heteroatoms. The zero-order valence-electron chi connectivity index (χ0n) is 15.3. The molecule has 1 saturated carbocycles. The van der Waals surface area contributed by atoms with E-state index in [2.05, 4.69) is 6.07 Å². The summed E-state index contributed by atoms with van der Waals surface area (Å²) in [5.41, 5.74) is -1.33. The molecular formula is C17H24N4O4S. The predicted molar refractivity (Wildman–Crippen MR) is 95.8 cm³/mol. The standard InChI is InChI=1S/C17H24N4O4S/c1-19(2)26(24,25)14-7-8-15(22)21(11-14)12-16(23)20(3)17(13-18)9-5-4-6-10-17/h7-8,11H,4-6,9-10,12H2,1-3H3. The van der Waals surface area contributed by atoms with E-state index in [0.717, 1.165) is 34.2 Å². The first kappa shape index (κ1) is 20.1. The van der Waals surface area contributed by atoms with Crippen LogP contribution < -0.4 is 5.56 Å². The Morgan fingerprint density at radius 2 is 1.85 bits per heavy atom. The maximum atomic E-state index is 12.7. The van der Waals surface area contributed by atoms with E-state index in [1.807, 2.05) is 0 Å². The molecule has 1 amide bonds. The number of likely N-dealkylation sites (N-methyl/N-ethyl adjacent to an activating group) is 1. The topological polar surface area (TPSA) is 103 Å². The second-order valence-corrected chi connectivity index (χ2v) is 8.93. The monoisotopic (exact) mass is 380 g/mol. The van der Waals surface area contributed by atoms with Gasteiger partial charge in [-0.25, -0.2) is 12.7 Å². The van der Waals surface area contributed by atoms with E-state index in [9.17, 15) is 23.3 Å². The van der Waals surface area contributed by atoms with Crippen molar-refractivity contribution in [3.8, 4) is 6.07 Å². The van der Waals surface area contributed by atoms with Gasteiger partial charge in [0.2, 0.25) is 15.9 Å². The van der Waals surface area contributed by atoms with Gasteiger partial charge in [0.25, 0.3) is 5.56 Å². The van der Waals surface area contributed by atoms with Crippen molar-refractivity contribution in [1.29, 1.82) is 5.26 Å². The smallest absolute Gasteiger partial charge is 0.251 e. The van der Waals surface area contributed by atoms with Crippen LogP contribution in [-0.4, -0.2) is 54.8 Å². The van der Waals surface area contributed by atoms with Crippen molar-refractivity contribution in [1.82, 2.24) is 13.8 Å². The first-order valence-electron chi connectivity index (χ1n) is 8.45. The molecule has 0 aromatic carbocycles. The Morgan fingerprint density at radius 3 is 2.38 bits per heavy atom. The first-order valence-corrected chi connectivity index (χ1v) is 9.89. The van der Waals surface area contributed by atoms with Crippen LogP contribution in [0.1, 0.15) is 32.1 Å². The Morgan fingerprint density at radius 1 is 1.23 bits per heavy atom. The SMILES string of the molecule is CN(C(=O)Cn1cc(S(=O)(=O)N(C)C)ccc1=O)C1(C#N)CCCCC1. The van der Waals surface area contributed by atoms with E-state index in [0.29, 0.717) is 12.8 Å². The van der Waals surface area contributed by atoms with E-state index in [-0.39, 0.29) is 11.4 Å². The molecule has 0 atom stereocenters. The van der Waals surface area contributed by atoms with Gasteiger partial charge in [-0.1, -0.05) is 19.3 Å². The van der Waals surface area contributed by atoms with Crippen LogP contribution in [0.5, 0.6) is 0 Å². The third-order valence-electron chi connectivity index (χ3n) is 4.95. The fourth-order valence-corrected chi connectivity index (χ4v) is 4.07. The van der Waals surface area contributed by atoms with Crippen molar-refractivity contribution < 1.29 is 13.2 Å². The van der Waals surface area contributed by atoms with Crippen molar-refractivity contribution in [3.63, 3.8) is 0 Å². The number of carbonyl (C=O) groups is 1. The third kappa shape index (κ3) is 3.81. The summed E-state index contributed by atoms with van der Waals surface area (Å²) in [7, 11) is 0.643. The maximum Gasteiger partial charge on any atom is 0.251 e. The van der Waals surface area contributed by atoms with Crippen LogP contribution in [0.15, 0.2) is 28.0 Å². The first-order chi connectivity index (χ1) is 12.1. The summed E-state index contributed by atoms with van der Waals surface area (Å²) < 4.78 is 26.6. The zero-order valence-corrected chi connectivity index (χ0v) is 16.1. The van der Waals surface area contributed by atoms with Gasteiger partial charge in [0, 0.05) is 33.4 Å². The van der Waals surface area contributed by atoms with Crippen molar-refractivity contribution in [2.24, 2.45) is 0 Å². The second kappa shape index (κ2) is 7.60. The Balaban J connectivity index is 2.29. The molecule has 0 bridgehead atoms. The highest BCUT2D eigenvalue weighted by Gasteiger charge is 2.38. The van der Waals surface area contributed by atoms with Gasteiger partial charge in [0.15, 0.2) is 0 Å². The quantitative estimate of drug-likeness (QED) is 0.751. The number of hydrogen-bond acceptors (Lipinski definition) is 5. The molecule has 0 spiro atoms. The lowest BCUT2D eigenvalue weighted by Crippen LogP contribution is -2.51. The third-order valence-corrected chi connectivity index (χ3v) is 6.74. The summed E-state index contributed by atoms with van der Waals surface area (Å²) in [6, 6.07) is 4.62. The van der Waals surface area contributed by atoms with E-state index in [1.165, 1.54) is 31.3 Å². The number of nitriles is 1. The lowest BCUT2D eigenvalue weighted by molar-refractivity contribution is -0.135. The summed E-state index contributed by atoms with van der Waals surface area (Å²) in [6.07, 6.45) is 5.17. The van der Waals surface area contributed by atoms with Gasteiger partial charge >= 0.3 is 0 Å². The normalized spacial score (nSPS) is 16.9. The summed E-state index contributed by atoms with van der Waals surface area (Å²) in [5.74, 6) is -0.394. The number of carbonyl (C=O) groups excluding carboxylic acids is 1. The molecule has 0 radical (unpaired) electrons. The zero-order chi connectivity index (χ0) is 19.5. The highest BCUT2D eigenvalue weighted by molar-refractivity contribution is 7.89. The van der Waals surface area contributed by atoms with Crippen LogP contribution in [0.2, 0.25) is 0 Å². The lowest BCUT2D eigenvalue weighted by Gasteiger charge is -2.39. The molecule has 1 aliphatic rings. The minimum absolute atomic E-state index is 0.0646. The molecule has 1 aliphatic carbocycles. The van der Waals surface area contributed by atoms with Crippen LogP contribution in [0, 0.1) is 11.3 Å². The molecule has 1 aromatic rings. The number of hydrogen-bond donors (Lipinski definition) is 0. The number of sulfonamides is 1. The van der Waals surface area contributed by atoms with Gasteiger partial charge in [-0.3, -0.25) is 9.59 Å². The van der Waals surface area contributed by atoms with Gasteiger partial charge in [0.05, 0.1) is 11.0 Å². The van der Waals surface area contributed by atoms with Gasteiger partial charge in [-0.05, 0) is 18.9 Å². The van der Waals surface area contributed by atoms with E-state index in [1.54, 1.807) is 7.05 Å². The molecule has 0 aliphatic heterocycles. The number of pyridine rings is 1. The summed E-state index contributed by atoms with van der Waals surface area (Å²) in [4.78, 5) is 26.1. The Bertz CT molecular complexity index is 877. The molecule has 1 aromatic heterocycles. The van der Waals surface area contributed by atoms with Gasteiger partial charge in [-0.2, -0.15) is 5.26 Å². The van der Waals surface area contributed by atoms with Crippen LogP contribution in [-0.2, 0) is 21.4 Å². The largest absolute Gasteiger partial charge is 0.325 e. The van der Waals surface area contributed by atoms with E-state index in [4.69, 9.17) is 0 Å². The van der Waals surface area contributed by atoms with E-state index >= 15 is 0 Å². The molecule has 26 heavy (non-hydrogen) atoms. The summed E-state index contributed by atoms with van der Waals surface area (Å²) >= 11 is 0. The van der Waals surface area contributed by atoms with Gasteiger partial charge in [0.1, 0.15) is 12.1 Å². The van der Waals surface area contributed by atoms with E-state index < -0.39 is 27.0 Å². The average molecular weight is 380 g/mol. The molecule has 8 nitrogen and oxygen atoms in total. The van der Waals surface area contributed by atoms with Crippen molar-refractivity contribution >= 4 is 15.9 Å². The Labute approximate surface area is 153 Å². The Kier molecular flexibility index (Phi) is 5.88. The maximum absolute atomic E-state index is 12.7. The molecular weight excluding hydrogens is 356 g/mol. The number of aromatic nitrogens is 1. The molecule has 1 heterocycles. The predicted octanol–water partition coefficient (Wildman–Crippen LogP) is 0.783. The van der Waals surface area contributed by atoms with Crippen LogP contribution in [0.3, 0.4) is 0 Å². The van der Waals surface area contributed by atoms with Crippen molar-refractivity contribution in [2.45, 2.75) is 49.1 Å². The van der Waals surface area contributed by atoms with Gasteiger partial charge < -0.3 is 9.47 Å².